The summed E-state index contributed by atoms with van der Waals surface area (Å²) in [6.07, 6.45) is -3.94. The maximum Gasteiger partial charge on any atom is 0.416 e. The molecule has 0 fully saturated rings. The van der Waals surface area contributed by atoms with Crippen LogP contribution in [-0.2, 0) is 17.5 Å². The van der Waals surface area contributed by atoms with Gasteiger partial charge in [0.25, 0.3) is 5.91 Å². The SMILES string of the molecule is CN(C)CCN(Cc1cccc(C(F)(F)F)c1)C(=O)CCCNC(=O)c1ccc(F)cc1. The van der Waals surface area contributed by atoms with Gasteiger partial charge in [0.1, 0.15) is 5.82 Å². The van der Waals surface area contributed by atoms with Crippen LogP contribution in [0, 0.1) is 5.82 Å². The molecule has 0 aliphatic heterocycles. The first-order chi connectivity index (χ1) is 15.1. The molecule has 5 nitrogen and oxygen atoms in total. The minimum Gasteiger partial charge on any atom is -0.352 e. The summed E-state index contributed by atoms with van der Waals surface area (Å²) in [6.45, 7) is 1.24. The summed E-state index contributed by atoms with van der Waals surface area (Å²) in [7, 11) is 3.69. The van der Waals surface area contributed by atoms with E-state index < -0.39 is 17.6 Å². The quantitative estimate of drug-likeness (QED) is 0.438. The van der Waals surface area contributed by atoms with Gasteiger partial charge in [0.2, 0.25) is 5.91 Å². The maximum absolute atomic E-state index is 13.0. The highest BCUT2D eigenvalue weighted by Crippen LogP contribution is 2.29. The van der Waals surface area contributed by atoms with Gasteiger partial charge in [-0.15, -0.1) is 0 Å². The number of nitrogens with zero attached hydrogens (tertiary/aromatic N) is 2. The van der Waals surface area contributed by atoms with Gasteiger partial charge in [-0.2, -0.15) is 13.2 Å². The Balaban J connectivity index is 1.92. The van der Waals surface area contributed by atoms with Crippen molar-refractivity contribution in [2.24, 2.45) is 0 Å². The fraction of sp³-hybridized carbons (Fsp3) is 0.391. The molecule has 0 atom stereocenters. The Labute approximate surface area is 185 Å². The highest BCUT2D eigenvalue weighted by atomic mass is 19.4. The Morgan fingerprint density at radius 3 is 2.31 bits per heavy atom. The van der Waals surface area contributed by atoms with Crippen LogP contribution in [-0.4, -0.2) is 55.3 Å². The van der Waals surface area contributed by atoms with Crippen LogP contribution in [0.4, 0.5) is 17.6 Å². The first kappa shape index (κ1) is 25.3. The van der Waals surface area contributed by atoms with E-state index in [2.05, 4.69) is 5.32 Å². The Morgan fingerprint density at radius 1 is 1.00 bits per heavy atom. The monoisotopic (exact) mass is 453 g/mol. The lowest BCUT2D eigenvalue weighted by molar-refractivity contribution is -0.137. The third-order valence-corrected chi connectivity index (χ3v) is 4.76. The van der Waals surface area contributed by atoms with Gasteiger partial charge >= 0.3 is 6.18 Å². The van der Waals surface area contributed by atoms with Crippen LogP contribution in [0.15, 0.2) is 48.5 Å². The second kappa shape index (κ2) is 11.6. The number of carbonyl (C=O) groups is 2. The van der Waals surface area contributed by atoms with Crippen LogP contribution in [0.3, 0.4) is 0 Å². The number of likely N-dealkylation sites (N-methyl/N-ethyl adjacent to an activating group) is 1. The average molecular weight is 453 g/mol. The lowest BCUT2D eigenvalue weighted by Gasteiger charge is -2.25. The first-order valence-electron chi connectivity index (χ1n) is 10.2. The van der Waals surface area contributed by atoms with Gasteiger partial charge in [-0.25, -0.2) is 4.39 Å². The highest BCUT2D eigenvalue weighted by molar-refractivity contribution is 5.94. The Hall–Kier alpha value is -2.94. The molecule has 32 heavy (non-hydrogen) atoms. The van der Waals surface area contributed by atoms with Crippen LogP contribution in [0.25, 0.3) is 0 Å². The molecule has 2 aromatic rings. The van der Waals surface area contributed by atoms with Gasteiger partial charge in [0.05, 0.1) is 5.56 Å². The molecule has 0 saturated heterocycles. The first-order valence-corrected chi connectivity index (χ1v) is 10.2. The van der Waals surface area contributed by atoms with Gasteiger partial charge in [0.15, 0.2) is 0 Å². The molecular formula is C23H27F4N3O2. The molecule has 174 valence electrons. The van der Waals surface area contributed by atoms with E-state index in [1.54, 1.807) is 6.07 Å². The van der Waals surface area contributed by atoms with Gasteiger partial charge in [-0.05, 0) is 62.5 Å². The fourth-order valence-electron chi connectivity index (χ4n) is 2.98. The normalized spacial score (nSPS) is 11.5. The number of benzene rings is 2. The van der Waals surface area contributed by atoms with Crippen LogP contribution in [0.5, 0.6) is 0 Å². The number of halogens is 4. The molecule has 2 aromatic carbocycles. The summed E-state index contributed by atoms with van der Waals surface area (Å²) in [5, 5.41) is 2.67. The molecule has 0 aliphatic carbocycles. The molecule has 0 aromatic heterocycles. The predicted molar refractivity (Wildman–Crippen MR) is 113 cm³/mol. The van der Waals surface area contributed by atoms with E-state index in [1.165, 1.54) is 35.2 Å². The topological polar surface area (TPSA) is 52.6 Å². The predicted octanol–water partition coefficient (Wildman–Crippen LogP) is 3.94. The van der Waals surface area contributed by atoms with Crippen molar-refractivity contribution in [1.29, 1.82) is 0 Å². The third-order valence-electron chi connectivity index (χ3n) is 4.76. The van der Waals surface area contributed by atoms with Crippen molar-refractivity contribution in [3.63, 3.8) is 0 Å². The Morgan fingerprint density at radius 2 is 1.69 bits per heavy atom. The number of hydrogen-bond donors (Lipinski definition) is 1. The number of nitrogens with one attached hydrogen (secondary N) is 1. The summed E-state index contributed by atoms with van der Waals surface area (Å²) >= 11 is 0. The van der Waals surface area contributed by atoms with Gasteiger partial charge in [-0.1, -0.05) is 12.1 Å². The summed E-state index contributed by atoms with van der Waals surface area (Å²) in [6, 6.07) is 10.1. The van der Waals surface area contributed by atoms with Crippen molar-refractivity contribution in [1.82, 2.24) is 15.1 Å². The van der Waals surface area contributed by atoms with Gasteiger partial charge < -0.3 is 15.1 Å². The van der Waals surface area contributed by atoms with E-state index in [1.807, 2.05) is 19.0 Å². The number of carbonyl (C=O) groups excluding carboxylic acids is 2. The van der Waals surface area contributed by atoms with E-state index in [-0.39, 0.29) is 31.3 Å². The largest absolute Gasteiger partial charge is 0.416 e. The molecule has 2 rings (SSSR count). The summed E-state index contributed by atoms with van der Waals surface area (Å²) < 4.78 is 51.9. The molecule has 2 amide bonds. The smallest absolute Gasteiger partial charge is 0.352 e. The zero-order valence-electron chi connectivity index (χ0n) is 18.1. The summed E-state index contributed by atoms with van der Waals surface area (Å²) in [5.41, 5.74) is -0.0371. The van der Waals surface area contributed by atoms with Crippen molar-refractivity contribution < 1.29 is 27.2 Å². The lowest BCUT2D eigenvalue weighted by Crippen LogP contribution is -2.36. The van der Waals surface area contributed by atoms with E-state index in [9.17, 15) is 27.2 Å². The average Bonchev–Trinajstić information content (AvgIpc) is 2.73. The van der Waals surface area contributed by atoms with Crippen LogP contribution in [0.2, 0.25) is 0 Å². The van der Waals surface area contributed by atoms with Gasteiger partial charge in [0, 0.05) is 38.2 Å². The highest BCUT2D eigenvalue weighted by Gasteiger charge is 2.30. The van der Waals surface area contributed by atoms with Crippen molar-refractivity contribution in [2.75, 3.05) is 33.7 Å². The molecule has 0 heterocycles. The Kier molecular flexibility index (Phi) is 9.19. The number of amides is 2. The van der Waals surface area contributed by atoms with E-state index in [4.69, 9.17) is 0 Å². The number of alkyl halides is 3. The molecule has 9 heteroatoms. The minimum absolute atomic E-state index is 0.0680. The molecule has 0 saturated carbocycles. The van der Waals surface area contributed by atoms with Crippen molar-refractivity contribution in [3.05, 3.63) is 71.0 Å². The van der Waals surface area contributed by atoms with Crippen LogP contribution in [0.1, 0.15) is 34.3 Å². The summed E-state index contributed by atoms with van der Waals surface area (Å²) in [4.78, 5) is 28.2. The van der Waals surface area contributed by atoms with Crippen molar-refractivity contribution >= 4 is 11.8 Å². The second-order valence-corrected chi connectivity index (χ2v) is 7.68. The third kappa shape index (κ3) is 8.30. The minimum atomic E-state index is -4.45. The van der Waals surface area contributed by atoms with Crippen LogP contribution >= 0.6 is 0 Å². The molecule has 0 aliphatic rings. The zero-order chi connectivity index (χ0) is 23.7. The van der Waals surface area contributed by atoms with Gasteiger partial charge in [-0.3, -0.25) is 9.59 Å². The molecular weight excluding hydrogens is 426 g/mol. The van der Waals surface area contributed by atoms with E-state index >= 15 is 0 Å². The number of rotatable bonds is 10. The molecule has 0 bridgehead atoms. The molecule has 1 N–H and O–H groups in total. The zero-order valence-corrected chi connectivity index (χ0v) is 18.1. The molecule has 0 unspecified atom stereocenters. The van der Waals surface area contributed by atoms with E-state index in [0.29, 0.717) is 30.6 Å². The summed E-state index contributed by atoms with van der Waals surface area (Å²) in [5.74, 6) is -1.02. The van der Waals surface area contributed by atoms with Crippen LogP contribution < -0.4 is 5.32 Å². The van der Waals surface area contributed by atoms with E-state index in [0.717, 1.165) is 12.1 Å². The number of hydrogen-bond acceptors (Lipinski definition) is 3. The lowest BCUT2D eigenvalue weighted by atomic mass is 10.1. The standard InChI is InChI=1S/C23H27F4N3O2/c1-29(2)13-14-30(16-17-5-3-6-19(15-17)23(25,26)27)21(31)7-4-12-28-22(32)18-8-10-20(24)11-9-18/h3,5-6,8-11,15H,4,7,12-14,16H2,1-2H3,(H,28,32). The van der Waals surface area contributed by atoms with Crippen molar-refractivity contribution in [3.8, 4) is 0 Å². The Bertz CT molecular complexity index is 899. The maximum atomic E-state index is 13.0. The van der Waals surface area contributed by atoms with Crippen molar-refractivity contribution in [2.45, 2.75) is 25.6 Å². The fourth-order valence-corrected chi connectivity index (χ4v) is 2.98. The molecule has 0 radical (unpaired) electrons. The second-order valence-electron chi connectivity index (χ2n) is 7.68. The molecule has 0 spiro atoms.